The van der Waals surface area contributed by atoms with Crippen LogP contribution in [-0.4, -0.2) is 61.3 Å². The van der Waals surface area contributed by atoms with E-state index in [-0.39, 0.29) is 48.7 Å². The van der Waals surface area contributed by atoms with Crippen LogP contribution in [0, 0.1) is 0 Å². The first-order valence-electron chi connectivity index (χ1n) is 9.00. The molecule has 9 heteroatoms. The number of nitrogens with zero attached hydrogens (tertiary/aromatic N) is 1. The third-order valence-electron chi connectivity index (χ3n) is 4.83. The van der Waals surface area contributed by atoms with Crippen LogP contribution in [0.4, 0.5) is 4.79 Å². The van der Waals surface area contributed by atoms with Gasteiger partial charge in [-0.15, -0.1) is 0 Å². The van der Waals surface area contributed by atoms with Gasteiger partial charge in [0.15, 0.2) is 9.84 Å². The molecular formula is C18H23N3O5S. The van der Waals surface area contributed by atoms with Gasteiger partial charge in [0.1, 0.15) is 6.04 Å². The van der Waals surface area contributed by atoms with Crippen LogP contribution in [0.1, 0.15) is 24.8 Å². The Morgan fingerprint density at radius 1 is 1.22 bits per heavy atom. The number of hydrogen-bond acceptors (Lipinski definition) is 5. The van der Waals surface area contributed by atoms with E-state index in [1.807, 2.05) is 30.3 Å². The van der Waals surface area contributed by atoms with E-state index in [4.69, 9.17) is 0 Å². The topological polar surface area (TPSA) is 113 Å². The fraction of sp³-hybridized carbons (Fsp3) is 0.500. The van der Waals surface area contributed by atoms with Crippen LogP contribution >= 0.6 is 0 Å². The monoisotopic (exact) mass is 393 g/mol. The van der Waals surface area contributed by atoms with Crippen LogP contribution < -0.4 is 10.6 Å². The molecule has 1 aromatic carbocycles. The SMILES string of the molecule is O=C(CC[C@@H]1NC(=O)N(CCc2ccccc2)C1=O)N[C@H]1CCS(=O)(=O)C1. The van der Waals surface area contributed by atoms with Gasteiger partial charge in [-0.2, -0.15) is 0 Å². The Balaban J connectivity index is 1.45. The van der Waals surface area contributed by atoms with Crippen molar-refractivity contribution in [2.75, 3.05) is 18.1 Å². The zero-order chi connectivity index (χ0) is 19.4. The summed E-state index contributed by atoms with van der Waals surface area (Å²) in [4.78, 5) is 37.6. The Morgan fingerprint density at radius 2 is 1.96 bits per heavy atom. The minimum atomic E-state index is -3.06. The lowest BCUT2D eigenvalue weighted by Crippen LogP contribution is -2.37. The number of rotatable bonds is 7. The number of imide groups is 1. The molecule has 0 bridgehead atoms. The summed E-state index contributed by atoms with van der Waals surface area (Å²) in [5.41, 5.74) is 1.03. The summed E-state index contributed by atoms with van der Waals surface area (Å²) in [5.74, 6) is -0.578. The van der Waals surface area contributed by atoms with Crippen molar-refractivity contribution in [3.8, 4) is 0 Å². The Kier molecular flexibility index (Phi) is 5.79. The van der Waals surface area contributed by atoms with Crippen LogP contribution in [-0.2, 0) is 25.8 Å². The highest BCUT2D eigenvalue weighted by molar-refractivity contribution is 7.91. The lowest BCUT2D eigenvalue weighted by molar-refractivity contribution is -0.127. The van der Waals surface area contributed by atoms with E-state index in [1.54, 1.807) is 0 Å². The van der Waals surface area contributed by atoms with E-state index in [1.165, 1.54) is 4.90 Å². The summed E-state index contributed by atoms with van der Waals surface area (Å²) >= 11 is 0. The van der Waals surface area contributed by atoms with Crippen LogP contribution in [0.25, 0.3) is 0 Å². The predicted molar refractivity (Wildman–Crippen MR) is 98.6 cm³/mol. The quantitative estimate of drug-likeness (QED) is 0.644. The molecule has 2 saturated heterocycles. The fourth-order valence-electron chi connectivity index (χ4n) is 3.35. The second-order valence-electron chi connectivity index (χ2n) is 6.93. The van der Waals surface area contributed by atoms with Gasteiger partial charge in [0.2, 0.25) is 5.91 Å². The molecule has 4 amide bonds. The number of carbonyl (C=O) groups is 3. The highest BCUT2D eigenvalue weighted by Gasteiger charge is 2.37. The molecule has 3 rings (SSSR count). The number of benzene rings is 1. The molecule has 8 nitrogen and oxygen atoms in total. The molecule has 2 fully saturated rings. The Morgan fingerprint density at radius 3 is 2.63 bits per heavy atom. The summed E-state index contributed by atoms with van der Waals surface area (Å²) in [6.45, 7) is 0.289. The summed E-state index contributed by atoms with van der Waals surface area (Å²) in [6.07, 6.45) is 1.24. The van der Waals surface area contributed by atoms with Crippen molar-refractivity contribution >= 4 is 27.7 Å². The first-order valence-corrected chi connectivity index (χ1v) is 10.8. The van der Waals surface area contributed by atoms with Gasteiger partial charge in [-0.25, -0.2) is 13.2 Å². The maximum absolute atomic E-state index is 12.4. The molecule has 146 valence electrons. The molecule has 2 aliphatic heterocycles. The van der Waals surface area contributed by atoms with E-state index >= 15 is 0 Å². The number of carbonyl (C=O) groups excluding carboxylic acids is 3. The van der Waals surface area contributed by atoms with Crippen molar-refractivity contribution in [3.05, 3.63) is 35.9 Å². The summed E-state index contributed by atoms with van der Waals surface area (Å²) in [5, 5.41) is 5.30. The van der Waals surface area contributed by atoms with E-state index < -0.39 is 21.9 Å². The van der Waals surface area contributed by atoms with Gasteiger partial charge in [0.05, 0.1) is 11.5 Å². The van der Waals surface area contributed by atoms with Crippen molar-refractivity contribution in [1.82, 2.24) is 15.5 Å². The maximum atomic E-state index is 12.4. The van der Waals surface area contributed by atoms with Crippen LogP contribution in [0.2, 0.25) is 0 Å². The molecule has 0 aliphatic carbocycles. The number of sulfone groups is 1. The molecule has 0 spiro atoms. The first kappa shape index (κ1) is 19.3. The zero-order valence-electron chi connectivity index (χ0n) is 14.9. The van der Waals surface area contributed by atoms with Crippen molar-refractivity contribution in [2.24, 2.45) is 0 Å². The summed E-state index contributed by atoms with van der Waals surface area (Å²) in [7, 11) is -3.06. The average molecular weight is 393 g/mol. The fourth-order valence-corrected chi connectivity index (χ4v) is 5.03. The standard InChI is InChI=1S/C18H23N3O5S/c22-16(19-14-9-11-27(25,26)12-14)7-6-15-17(23)21(18(24)20-15)10-8-13-4-2-1-3-5-13/h1-5,14-15H,6-12H2,(H,19,22)(H,20,24)/t14-,15-/m0/s1. The van der Waals surface area contributed by atoms with E-state index in [2.05, 4.69) is 10.6 Å². The largest absolute Gasteiger partial charge is 0.352 e. The van der Waals surface area contributed by atoms with Crippen molar-refractivity contribution in [2.45, 2.75) is 37.8 Å². The second-order valence-corrected chi connectivity index (χ2v) is 9.16. The highest BCUT2D eigenvalue weighted by atomic mass is 32.2. The lowest BCUT2D eigenvalue weighted by Gasteiger charge is -2.14. The number of amides is 4. The molecule has 27 heavy (non-hydrogen) atoms. The normalized spacial score (nSPS) is 24.1. The van der Waals surface area contributed by atoms with Crippen LogP contribution in [0.3, 0.4) is 0 Å². The molecule has 0 saturated carbocycles. The lowest BCUT2D eigenvalue weighted by atomic mass is 10.1. The minimum absolute atomic E-state index is 0.0366. The average Bonchev–Trinajstić information content (AvgIpc) is 3.10. The van der Waals surface area contributed by atoms with E-state index in [9.17, 15) is 22.8 Å². The Labute approximate surface area is 158 Å². The predicted octanol–water partition coefficient (Wildman–Crippen LogP) is 0.233. The van der Waals surface area contributed by atoms with Gasteiger partial charge in [-0.1, -0.05) is 30.3 Å². The third kappa shape index (κ3) is 5.06. The van der Waals surface area contributed by atoms with Crippen LogP contribution in [0.5, 0.6) is 0 Å². The molecule has 0 unspecified atom stereocenters. The van der Waals surface area contributed by atoms with Gasteiger partial charge in [0, 0.05) is 19.0 Å². The van der Waals surface area contributed by atoms with Crippen LogP contribution in [0.15, 0.2) is 30.3 Å². The molecule has 2 heterocycles. The molecule has 2 atom stereocenters. The Hall–Kier alpha value is -2.42. The van der Waals surface area contributed by atoms with Crippen molar-refractivity contribution < 1.29 is 22.8 Å². The highest BCUT2D eigenvalue weighted by Crippen LogP contribution is 2.14. The van der Waals surface area contributed by atoms with Gasteiger partial charge >= 0.3 is 6.03 Å². The first-order chi connectivity index (χ1) is 12.8. The van der Waals surface area contributed by atoms with Gasteiger partial charge < -0.3 is 10.6 Å². The molecule has 1 aromatic rings. The molecule has 0 radical (unpaired) electrons. The second kappa shape index (κ2) is 8.08. The number of hydrogen-bond donors (Lipinski definition) is 2. The maximum Gasteiger partial charge on any atom is 0.324 e. The summed E-state index contributed by atoms with van der Waals surface area (Å²) in [6, 6.07) is 8.05. The van der Waals surface area contributed by atoms with E-state index in [0.29, 0.717) is 12.8 Å². The third-order valence-corrected chi connectivity index (χ3v) is 6.60. The van der Waals surface area contributed by atoms with Gasteiger partial charge in [0.25, 0.3) is 5.91 Å². The molecule has 0 aromatic heterocycles. The molecule has 2 N–H and O–H groups in total. The molecular weight excluding hydrogens is 370 g/mol. The van der Waals surface area contributed by atoms with Crippen molar-refractivity contribution in [1.29, 1.82) is 0 Å². The Bertz CT molecular complexity index is 825. The van der Waals surface area contributed by atoms with Crippen molar-refractivity contribution in [3.63, 3.8) is 0 Å². The zero-order valence-corrected chi connectivity index (χ0v) is 15.7. The molecule has 2 aliphatic rings. The minimum Gasteiger partial charge on any atom is -0.352 e. The smallest absolute Gasteiger partial charge is 0.324 e. The number of nitrogens with one attached hydrogen (secondary N) is 2. The van der Waals surface area contributed by atoms with E-state index in [0.717, 1.165) is 5.56 Å². The van der Waals surface area contributed by atoms with Gasteiger partial charge in [-0.05, 0) is 24.8 Å². The summed E-state index contributed by atoms with van der Waals surface area (Å²) < 4.78 is 22.8. The van der Waals surface area contributed by atoms with Gasteiger partial charge in [-0.3, -0.25) is 14.5 Å². The number of urea groups is 1.